The van der Waals surface area contributed by atoms with Gasteiger partial charge in [-0.15, -0.1) is 6.58 Å². The summed E-state index contributed by atoms with van der Waals surface area (Å²) in [6.07, 6.45) is 10.3. The maximum atomic E-state index is 9.81. The Hall–Kier alpha value is -2.82. The first-order valence-electron chi connectivity index (χ1n) is 18.3. The van der Waals surface area contributed by atoms with Gasteiger partial charge in [0, 0.05) is 50.8 Å². The molecule has 6 atom stereocenters. The number of aliphatic hydroxyl groups is 2. The molecule has 0 bridgehead atoms. The molecule has 2 aliphatic heterocycles. The molecule has 9 heteroatoms. The molecule has 2 aromatic rings. The van der Waals surface area contributed by atoms with Crippen molar-refractivity contribution in [2.24, 2.45) is 22.9 Å². The Labute approximate surface area is 296 Å². The van der Waals surface area contributed by atoms with Gasteiger partial charge in [0.25, 0.3) is 0 Å². The van der Waals surface area contributed by atoms with Gasteiger partial charge in [0.1, 0.15) is 24.7 Å². The zero-order chi connectivity index (χ0) is 34.1. The molecule has 2 N–H and O–H groups in total. The van der Waals surface area contributed by atoms with Crippen molar-refractivity contribution in [3.05, 3.63) is 84.0 Å². The van der Waals surface area contributed by atoms with Crippen molar-refractivity contribution in [1.29, 1.82) is 0 Å². The fraction of sp³-hybridized carbons (Fsp3) is 0.575. The largest absolute Gasteiger partial charge is 0.492 e. The highest BCUT2D eigenvalue weighted by Gasteiger charge is 2.63. The van der Waals surface area contributed by atoms with Crippen LogP contribution in [0.15, 0.2) is 78.0 Å². The Morgan fingerprint density at radius 1 is 1.06 bits per heavy atom. The first-order chi connectivity index (χ1) is 24.1. The van der Waals surface area contributed by atoms with E-state index in [0.717, 1.165) is 97.8 Å². The van der Waals surface area contributed by atoms with E-state index in [1.54, 1.807) is 0 Å². The molecule has 1 saturated heterocycles. The summed E-state index contributed by atoms with van der Waals surface area (Å²) in [5.74, 6) is 2.17. The molecule has 1 saturated carbocycles. The second-order valence-corrected chi connectivity index (χ2v) is 15.1. The molecular weight excluding hydrogens is 637 g/mol. The van der Waals surface area contributed by atoms with Crippen LogP contribution in [0.1, 0.15) is 68.9 Å². The van der Waals surface area contributed by atoms with Crippen LogP contribution in [0.4, 0.5) is 0 Å². The number of unbranched alkanes of at least 4 members (excludes halogenated alkanes) is 2. The van der Waals surface area contributed by atoms with E-state index in [9.17, 15) is 10.2 Å². The van der Waals surface area contributed by atoms with Crippen LogP contribution in [0.25, 0.3) is 0 Å². The molecule has 266 valence electrons. The van der Waals surface area contributed by atoms with Gasteiger partial charge in [-0.2, -0.15) is 11.8 Å². The Balaban J connectivity index is 1.46. The summed E-state index contributed by atoms with van der Waals surface area (Å²) in [4.78, 5) is 8.49. The van der Waals surface area contributed by atoms with Gasteiger partial charge < -0.3 is 29.3 Å². The van der Waals surface area contributed by atoms with Crippen LogP contribution in [0, 0.1) is 17.8 Å². The third-order valence-electron chi connectivity index (χ3n) is 10.5. The normalized spacial score (nSPS) is 27.9. The molecule has 49 heavy (non-hydrogen) atoms. The van der Waals surface area contributed by atoms with Gasteiger partial charge in [0.05, 0.1) is 23.5 Å². The van der Waals surface area contributed by atoms with Crippen molar-refractivity contribution in [2.75, 3.05) is 51.8 Å². The molecule has 8 nitrogen and oxygen atoms in total. The molecule has 0 aromatic heterocycles. The van der Waals surface area contributed by atoms with Gasteiger partial charge in [-0.05, 0) is 72.6 Å². The summed E-state index contributed by atoms with van der Waals surface area (Å²) in [6, 6.07) is 16.5. The van der Waals surface area contributed by atoms with Crippen LogP contribution in [-0.4, -0.2) is 83.7 Å². The number of fused-ring (bicyclic) bond motifs is 2. The molecule has 0 amide bonds. The standard InChI is InChI=1S/C40H54N2O6S/c1-3-23-46-40-37(49-4-2)27-35(41-47-28-29-12-6-5-7-13-29)33-25-30(14-8-10-21-43)32(15-9-11-22-44)38(39(33)40)34-26-31(16-17-36(34)48-40)45-24-20-42-18-19-42/h3,5-7,12-13,16-17,25-26,30,32,37-39,43-44H,1,4,8-11,14-15,18-24,27-28H2,2H3. The van der Waals surface area contributed by atoms with Crippen molar-refractivity contribution in [1.82, 2.24) is 4.90 Å². The summed E-state index contributed by atoms with van der Waals surface area (Å²) in [6.45, 7) is 11.2. The number of aliphatic hydroxyl groups excluding tert-OH is 2. The van der Waals surface area contributed by atoms with Crippen molar-refractivity contribution in [3.8, 4) is 11.5 Å². The second kappa shape index (κ2) is 17.4. The Kier molecular flexibility index (Phi) is 12.8. The number of benzene rings is 2. The van der Waals surface area contributed by atoms with E-state index in [2.05, 4.69) is 48.7 Å². The van der Waals surface area contributed by atoms with Crippen LogP contribution in [-0.2, 0) is 16.2 Å². The lowest BCUT2D eigenvalue weighted by molar-refractivity contribution is -0.223. The number of rotatable bonds is 20. The van der Waals surface area contributed by atoms with E-state index in [-0.39, 0.29) is 42.1 Å². The average molecular weight is 691 g/mol. The fourth-order valence-corrected chi connectivity index (χ4v) is 9.29. The van der Waals surface area contributed by atoms with Crippen molar-refractivity contribution < 1.29 is 29.3 Å². The molecule has 2 aliphatic carbocycles. The van der Waals surface area contributed by atoms with Gasteiger partial charge in [0.15, 0.2) is 0 Å². The number of hydrogen-bond donors (Lipinski definition) is 2. The molecule has 2 heterocycles. The smallest absolute Gasteiger partial charge is 0.230 e. The van der Waals surface area contributed by atoms with Crippen LogP contribution < -0.4 is 9.47 Å². The monoisotopic (exact) mass is 690 g/mol. The lowest BCUT2D eigenvalue weighted by atomic mass is 9.56. The summed E-state index contributed by atoms with van der Waals surface area (Å²) >= 11 is 1.86. The molecule has 2 aromatic carbocycles. The number of allylic oxidation sites excluding steroid dienone is 1. The molecule has 4 aliphatic rings. The van der Waals surface area contributed by atoms with Crippen LogP contribution in [0.3, 0.4) is 0 Å². The Morgan fingerprint density at radius 2 is 1.86 bits per heavy atom. The highest BCUT2D eigenvalue weighted by atomic mass is 32.2. The van der Waals surface area contributed by atoms with Gasteiger partial charge in [-0.3, -0.25) is 4.90 Å². The molecule has 2 fully saturated rings. The minimum Gasteiger partial charge on any atom is -0.492 e. The van der Waals surface area contributed by atoms with E-state index >= 15 is 0 Å². The number of nitrogens with zero attached hydrogens (tertiary/aromatic N) is 2. The van der Waals surface area contributed by atoms with Crippen molar-refractivity contribution in [2.45, 2.75) is 75.4 Å². The van der Waals surface area contributed by atoms with Gasteiger partial charge in [-0.1, -0.05) is 67.4 Å². The maximum absolute atomic E-state index is 9.81. The predicted molar refractivity (Wildman–Crippen MR) is 196 cm³/mol. The van der Waals surface area contributed by atoms with E-state index in [1.165, 1.54) is 0 Å². The van der Waals surface area contributed by atoms with Gasteiger partial charge in [0.2, 0.25) is 5.79 Å². The quantitative estimate of drug-likeness (QED) is 0.0667. The highest BCUT2D eigenvalue weighted by molar-refractivity contribution is 8.00. The number of ether oxygens (including phenoxy) is 3. The van der Waals surface area contributed by atoms with Gasteiger partial charge >= 0.3 is 0 Å². The summed E-state index contributed by atoms with van der Waals surface area (Å²) in [5, 5.41) is 24.4. The lowest BCUT2D eigenvalue weighted by Gasteiger charge is -2.58. The van der Waals surface area contributed by atoms with E-state index < -0.39 is 5.79 Å². The molecule has 0 radical (unpaired) electrons. The van der Waals surface area contributed by atoms with E-state index in [1.807, 2.05) is 42.1 Å². The third-order valence-corrected chi connectivity index (χ3v) is 11.7. The minimum absolute atomic E-state index is 0.0260. The van der Waals surface area contributed by atoms with Crippen LogP contribution in [0.5, 0.6) is 11.5 Å². The molecule has 0 spiro atoms. The van der Waals surface area contributed by atoms with Gasteiger partial charge in [-0.25, -0.2) is 0 Å². The SMILES string of the molecule is C=CCOC12Oc3ccc(OCCN4CC4)cc3C3C(CCCCO)C(CCCCO)C=C(C(=NOCc4ccccc4)CC1SCC)C32. The Morgan fingerprint density at radius 3 is 2.59 bits per heavy atom. The third kappa shape index (κ3) is 8.39. The molecular formula is C40H54N2O6S. The van der Waals surface area contributed by atoms with Crippen LogP contribution >= 0.6 is 11.8 Å². The zero-order valence-corrected chi connectivity index (χ0v) is 29.8. The number of thioether (sulfide) groups is 1. The molecule has 6 unspecified atom stereocenters. The number of hydrogen-bond acceptors (Lipinski definition) is 9. The topological polar surface area (TPSA) is 92.8 Å². The fourth-order valence-electron chi connectivity index (χ4n) is 8.11. The predicted octanol–water partition coefficient (Wildman–Crippen LogP) is 6.97. The zero-order valence-electron chi connectivity index (χ0n) is 29.0. The lowest BCUT2D eigenvalue weighted by Crippen LogP contribution is -2.64. The second-order valence-electron chi connectivity index (χ2n) is 13.6. The molecule has 6 rings (SSSR count). The first-order valence-corrected chi connectivity index (χ1v) is 19.4. The van der Waals surface area contributed by atoms with Crippen LogP contribution in [0.2, 0.25) is 0 Å². The van der Waals surface area contributed by atoms with E-state index in [0.29, 0.717) is 26.2 Å². The Bertz CT molecular complexity index is 1430. The maximum Gasteiger partial charge on any atom is 0.230 e. The van der Waals surface area contributed by atoms with Crippen molar-refractivity contribution >= 4 is 17.5 Å². The average Bonchev–Trinajstić information content (AvgIpc) is 3.95. The first kappa shape index (κ1) is 36.0. The number of oxime groups is 1. The summed E-state index contributed by atoms with van der Waals surface area (Å²) < 4.78 is 20.5. The summed E-state index contributed by atoms with van der Waals surface area (Å²) in [5.41, 5.74) is 4.35. The minimum atomic E-state index is -0.927. The highest BCUT2D eigenvalue weighted by Crippen LogP contribution is 2.62. The summed E-state index contributed by atoms with van der Waals surface area (Å²) in [7, 11) is 0. The van der Waals surface area contributed by atoms with E-state index in [4.69, 9.17) is 24.2 Å². The van der Waals surface area contributed by atoms with Crippen molar-refractivity contribution in [3.63, 3.8) is 0 Å².